The Morgan fingerprint density at radius 2 is 1.75 bits per heavy atom. The van der Waals surface area contributed by atoms with Gasteiger partial charge in [-0.1, -0.05) is 29.8 Å². The third-order valence-electron chi connectivity index (χ3n) is 3.50. The lowest BCUT2D eigenvalue weighted by Gasteiger charge is -2.07. The average Bonchev–Trinajstić information content (AvgIpc) is 2.46. The average molecular weight is 268 g/mol. The van der Waals surface area contributed by atoms with Gasteiger partial charge in [-0.3, -0.25) is 4.79 Å². The monoisotopic (exact) mass is 268 g/mol. The molecule has 0 aromatic heterocycles. The molecule has 0 saturated heterocycles. The minimum Gasteiger partial charge on any atom is -0.497 e. The van der Waals surface area contributed by atoms with Gasteiger partial charge in [0, 0.05) is 12.0 Å². The number of carbonyl (C=O) groups excluding carboxylic acids is 1. The van der Waals surface area contributed by atoms with Crippen LogP contribution in [0.4, 0.5) is 0 Å². The molecule has 2 heteroatoms. The molecule has 0 atom stereocenters. The number of rotatable bonds is 5. The second-order valence-electron chi connectivity index (χ2n) is 5.09. The molecule has 0 aliphatic carbocycles. The second kappa shape index (κ2) is 6.38. The van der Waals surface area contributed by atoms with E-state index in [4.69, 9.17) is 4.74 Å². The Kier molecular flexibility index (Phi) is 4.57. The van der Waals surface area contributed by atoms with Crippen molar-refractivity contribution in [2.45, 2.75) is 26.7 Å². The summed E-state index contributed by atoms with van der Waals surface area (Å²) in [6, 6.07) is 13.9. The van der Waals surface area contributed by atoms with Crippen LogP contribution in [0.25, 0.3) is 0 Å². The van der Waals surface area contributed by atoms with Crippen molar-refractivity contribution in [1.29, 1.82) is 0 Å². The first-order valence-electron chi connectivity index (χ1n) is 6.83. The van der Waals surface area contributed by atoms with Crippen LogP contribution in [0.5, 0.6) is 5.75 Å². The summed E-state index contributed by atoms with van der Waals surface area (Å²) in [5.74, 6) is 0.975. The van der Waals surface area contributed by atoms with Crippen LogP contribution in [-0.4, -0.2) is 12.9 Å². The molecular formula is C18H20O2. The van der Waals surface area contributed by atoms with Gasteiger partial charge in [0.05, 0.1) is 7.11 Å². The van der Waals surface area contributed by atoms with Crippen molar-refractivity contribution in [2.24, 2.45) is 0 Å². The summed E-state index contributed by atoms with van der Waals surface area (Å²) in [6.45, 7) is 4.01. The fourth-order valence-electron chi connectivity index (χ4n) is 2.22. The maximum absolute atomic E-state index is 12.3. The second-order valence-corrected chi connectivity index (χ2v) is 5.09. The van der Waals surface area contributed by atoms with Crippen molar-refractivity contribution in [3.8, 4) is 5.75 Å². The van der Waals surface area contributed by atoms with E-state index in [9.17, 15) is 4.79 Å². The van der Waals surface area contributed by atoms with Crippen LogP contribution in [0.1, 0.15) is 33.5 Å². The molecule has 0 aliphatic heterocycles. The largest absolute Gasteiger partial charge is 0.497 e. The maximum atomic E-state index is 12.3. The number of ether oxygens (including phenoxy) is 1. The van der Waals surface area contributed by atoms with Crippen LogP contribution < -0.4 is 4.74 Å². The topological polar surface area (TPSA) is 26.3 Å². The van der Waals surface area contributed by atoms with E-state index in [1.807, 2.05) is 25.1 Å². The highest BCUT2D eigenvalue weighted by Gasteiger charge is 2.10. The zero-order valence-electron chi connectivity index (χ0n) is 12.3. The summed E-state index contributed by atoms with van der Waals surface area (Å²) in [7, 11) is 1.63. The fourth-order valence-corrected chi connectivity index (χ4v) is 2.22. The minimum absolute atomic E-state index is 0.186. The molecule has 2 aromatic rings. The Bertz CT molecular complexity index is 597. The molecule has 0 aliphatic rings. The smallest absolute Gasteiger partial charge is 0.163 e. The first-order valence-corrected chi connectivity index (χ1v) is 6.83. The number of carbonyl (C=O) groups is 1. The zero-order chi connectivity index (χ0) is 14.5. The van der Waals surface area contributed by atoms with Gasteiger partial charge in [0.1, 0.15) is 5.75 Å². The van der Waals surface area contributed by atoms with E-state index in [0.717, 1.165) is 23.3 Å². The van der Waals surface area contributed by atoms with Crippen LogP contribution >= 0.6 is 0 Å². The molecule has 2 aromatic carbocycles. The molecule has 0 saturated carbocycles. The van der Waals surface area contributed by atoms with Crippen molar-refractivity contribution in [3.63, 3.8) is 0 Å². The Morgan fingerprint density at radius 3 is 2.35 bits per heavy atom. The summed E-state index contributed by atoms with van der Waals surface area (Å²) in [4.78, 5) is 12.3. The van der Waals surface area contributed by atoms with Gasteiger partial charge in [-0.2, -0.15) is 0 Å². The summed E-state index contributed by atoms with van der Waals surface area (Å²) in [5, 5.41) is 0. The van der Waals surface area contributed by atoms with Gasteiger partial charge in [0.15, 0.2) is 5.78 Å². The standard InChI is InChI=1S/C18H20O2/c1-13-4-6-15(7-5-13)8-11-18(19)17-10-9-16(20-3)12-14(17)2/h4-7,9-10,12H,8,11H2,1-3H3. The Balaban J connectivity index is 2.03. The van der Waals surface area contributed by atoms with E-state index in [2.05, 4.69) is 31.2 Å². The fraction of sp³-hybridized carbons (Fsp3) is 0.278. The van der Waals surface area contributed by atoms with Crippen LogP contribution in [0.3, 0.4) is 0 Å². The van der Waals surface area contributed by atoms with Gasteiger partial charge in [-0.25, -0.2) is 0 Å². The van der Waals surface area contributed by atoms with Crippen molar-refractivity contribution in [1.82, 2.24) is 0 Å². The lowest BCUT2D eigenvalue weighted by molar-refractivity contribution is 0.0982. The molecule has 0 radical (unpaired) electrons. The number of Topliss-reactive ketones (excluding diaryl/α,β-unsaturated/α-hetero) is 1. The summed E-state index contributed by atoms with van der Waals surface area (Å²) >= 11 is 0. The molecule has 0 bridgehead atoms. The van der Waals surface area contributed by atoms with Gasteiger partial charge in [-0.15, -0.1) is 0 Å². The van der Waals surface area contributed by atoms with Gasteiger partial charge < -0.3 is 4.74 Å². The van der Waals surface area contributed by atoms with Gasteiger partial charge >= 0.3 is 0 Å². The van der Waals surface area contributed by atoms with Gasteiger partial charge in [0.2, 0.25) is 0 Å². The molecule has 0 amide bonds. The van der Waals surface area contributed by atoms with E-state index in [0.29, 0.717) is 6.42 Å². The molecule has 2 rings (SSSR count). The number of ketones is 1. The third kappa shape index (κ3) is 3.47. The molecular weight excluding hydrogens is 248 g/mol. The quantitative estimate of drug-likeness (QED) is 0.762. The predicted molar refractivity (Wildman–Crippen MR) is 81.6 cm³/mol. The maximum Gasteiger partial charge on any atom is 0.163 e. The number of hydrogen-bond donors (Lipinski definition) is 0. The van der Waals surface area contributed by atoms with Crippen LogP contribution in [0.15, 0.2) is 42.5 Å². The lowest BCUT2D eigenvalue weighted by atomic mass is 9.99. The molecule has 104 valence electrons. The molecule has 20 heavy (non-hydrogen) atoms. The van der Waals surface area contributed by atoms with E-state index in [1.54, 1.807) is 7.11 Å². The van der Waals surface area contributed by atoms with Crippen molar-refractivity contribution >= 4 is 5.78 Å². The lowest BCUT2D eigenvalue weighted by Crippen LogP contribution is -2.03. The van der Waals surface area contributed by atoms with Gasteiger partial charge in [0.25, 0.3) is 0 Å². The number of benzene rings is 2. The number of methoxy groups -OCH3 is 1. The highest BCUT2D eigenvalue weighted by molar-refractivity contribution is 5.97. The van der Waals surface area contributed by atoms with E-state index >= 15 is 0 Å². The van der Waals surface area contributed by atoms with Crippen molar-refractivity contribution < 1.29 is 9.53 Å². The van der Waals surface area contributed by atoms with Gasteiger partial charge in [-0.05, 0) is 49.6 Å². The third-order valence-corrected chi connectivity index (χ3v) is 3.50. The van der Waals surface area contributed by atoms with Crippen molar-refractivity contribution in [3.05, 3.63) is 64.7 Å². The van der Waals surface area contributed by atoms with Crippen LogP contribution in [0.2, 0.25) is 0 Å². The van der Waals surface area contributed by atoms with Crippen molar-refractivity contribution in [2.75, 3.05) is 7.11 Å². The zero-order valence-corrected chi connectivity index (χ0v) is 12.3. The molecule has 0 fully saturated rings. The SMILES string of the molecule is COc1ccc(C(=O)CCc2ccc(C)cc2)c(C)c1. The first kappa shape index (κ1) is 14.3. The summed E-state index contributed by atoms with van der Waals surface area (Å²) in [6.07, 6.45) is 1.32. The Labute approximate surface area is 120 Å². The summed E-state index contributed by atoms with van der Waals surface area (Å²) in [5.41, 5.74) is 4.21. The molecule has 2 nitrogen and oxygen atoms in total. The summed E-state index contributed by atoms with van der Waals surface area (Å²) < 4.78 is 5.16. The molecule has 0 unspecified atom stereocenters. The molecule has 0 N–H and O–H groups in total. The molecule has 0 spiro atoms. The Hall–Kier alpha value is -2.09. The van der Waals surface area contributed by atoms with E-state index in [-0.39, 0.29) is 5.78 Å². The number of aryl methyl sites for hydroxylation is 3. The normalized spacial score (nSPS) is 10.3. The highest BCUT2D eigenvalue weighted by Crippen LogP contribution is 2.19. The highest BCUT2D eigenvalue weighted by atomic mass is 16.5. The first-order chi connectivity index (χ1) is 9.60. The van der Waals surface area contributed by atoms with E-state index in [1.165, 1.54) is 11.1 Å². The number of hydrogen-bond acceptors (Lipinski definition) is 2. The Morgan fingerprint density at radius 1 is 1.05 bits per heavy atom. The van der Waals surface area contributed by atoms with E-state index < -0.39 is 0 Å². The van der Waals surface area contributed by atoms with Crippen LogP contribution in [-0.2, 0) is 6.42 Å². The van der Waals surface area contributed by atoms with Crippen LogP contribution in [0, 0.1) is 13.8 Å². The molecule has 0 heterocycles. The predicted octanol–water partition coefficient (Wildman–Crippen LogP) is 4.13. The minimum atomic E-state index is 0.186.